The van der Waals surface area contributed by atoms with Crippen molar-refractivity contribution in [2.24, 2.45) is 10.1 Å². The van der Waals surface area contributed by atoms with Crippen LogP contribution in [0.25, 0.3) is 11.8 Å². The number of amides is 1. The normalized spacial score (nSPS) is 18.0. The van der Waals surface area contributed by atoms with Crippen molar-refractivity contribution in [1.29, 1.82) is 5.41 Å². The lowest BCUT2D eigenvalue weighted by Crippen LogP contribution is -2.35. The first-order valence-corrected chi connectivity index (χ1v) is 11.4. The van der Waals surface area contributed by atoms with E-state index in [1.54, 1.807) is 12.1 Å². The first-order chi connectivity index (χ1) is 14.1. The Labute approximate surface area is 176 Å². The molecule has 1 aromatic heterocycles. The lowest BCUT2D eigenvalue weighted by molar-refractivity contribution is -0.114. The second-order valence-corrected chi connectivity index (χ2v) is 9.94. The molecule has 4 rings (SSSR count). The Hall–Kier alpha value is -3.05. The minimum atomic E-state index is -3.59. The van der Waals surface area contributed by atoms with Gasteiger partial charge in [0.1, 0.15) is 5.82 Å². The van der Waals surface area contributed by atoms with Crippen LogP contribution in [0.15, 0.2) is 46.0 Å². The smallest absolute Gasteiger partial charge is 0.283 e. The lowest BCUT2D eigenvalue weighted by Gasteiger charge is -2.20. The Morgan fingerprint density at radius 2 is 1.87 bits per heavy atom. The topological polar surface area (TPSA) is 108 Å². The van der Waals surface area contributed by atoms with Crippen LogP contribution in [0.1, 0.15) is 17.0 Å². The fraction of sp³-hybridized carbons (Fsp3) is 0.158. The summed E-state index contributed by atoms with van der Waals surface area (Å²) in [5.74, 6) is -1.23. The van der Waals surface area contributed by atoms with E-state index in [1.165, 1.54) is 18.2 Å². The third-order valence-corrected chi connectivity index (χ3v) is 7.19. The van der Waals surface area contributed by atoms with E-state index in [0.717, 1.165) is 40.1 Å². The van der Waals surface area contributed by atoms with Crippen molar-refractivity contribution in [3.8, 4) is 5.69 Å². The number of rotatable bonds is 2. The van der Waals surface area contributed by atoms with Crippen LogP contribution in [0, 0.1) is 25.1 Å². The maximum absolute atomic E-state index is 13.3. The second kappa shape index (κ2) is 7.03. The van der Waals surface area contributed by atoms with Crippen molar-refractivity contribution in [2.75, 3.05) is 6.26 Å². The number of thioether (sulfide) groups is 1. The van der Waals surface area contributed by atoms with Crippen molar-refractivity contribution in [3.05, 3.63) is 58.7 Å². The quantitative estimate of drug-likeness (QED) is 0.715. The SMILES string of the molecule is Cc1cc(/C=C2\C(=N)N3N=C(S(C)(=O)=O)SC3=NC2=O)c(C)n1-c1ccc(F)cc1. The van der Waals surface area contributed by atoms with E-state index in [1.807, 2.05) is 24.5 Å². The molecule has 0 aliphatic carbocycles. The predicted molar refractivity (Wildman–Crippen MR) is 115 cm³/mol. The number of carbonyl (C=O) groups is 1. The highest BCUT2D eigenvalue weighted by atomic mass is 32.3. The molecule has 154 valence electrons. The zero-order chi connectivity index (χ0) is 21.8. The molecule has 1 aromatic carbocycles. The standard InChI is InChI=1S/C19H16FN5O3S2/c1-10-8-12(11(2)24(10)14-6-4-13(20)5-7-14)9-15-16(21)25-18(22-17(15)26)29-19(23-25)30(3,27)28/h4-9,21H,1-3H3/b15-9+,21-16?. The van der Waals surface area contributed by atoms with Crippen LogP contribution >= 0.6 is 11.8 Å². The van der Waals surface area contributed by atoms with E-state index in [4.69, 9.17) is 5.41 Å². The molecule has 0 spiro atoms. The van der Waals surface area contributed by atoms with Gasteiger partial charge in [0.15, 0.2) is 5.84 Å². The van der Waals surface area contributed by atoms with Crippen molar-refractivity contribution < 1.29 is 17.6 Å². The van der Waals surface area contributed by atoms with Gasteiger partial charge in [0, 0.05) is 23.3 Å². The van der Waals surface area contributed by atoms with Gasteiger partial charge in [0.05, 0.1) is 5.57 Å². The highest BCUT2D eigenvalue weighted by Crippen LogP contribution is 2.31. The largest absolute Gasteiger partial charge is 0.318 e. The van der Waals surface area contributed by atoms with Crippen LogP contribution in [0.4, 0.5) is 4.39 Å². The summed E-state index contributed by atoms with van der Waals surface area (Å²) in [6.07, 6.45) is 2.54. The van der Waals surface area contributed by atoms with Gasteiger partial charge in [-0.25, -0.2) is 12.8 Å². The van der Waals surface area contributed by atoms with Gasteiger partial charge < -0.3 is 4.57 Å². The number of hydrazone groups is 1. The van der Waals surface area contributed by atoms with Crippen LogP contribution < -0.4 is 0 Å². The first kappa shape index (κ1) is 20.2. The number of hydrogen-bond acceptors (Lipinski definition) is 6. The molecular weight excluding hydrogens is 429 g/mol. The summed E-state index contributed by atoms with van der Waals surface area (Å²) < 4.78 is 38.5. The fourth-order valence-corrected chi connectivity index (χ4v) is 4.89. The molecule has 0 unspecified atom stereocenters. The predicted octanol–water partition coefficient (Wildman–Crippen LogP) is 2.85. The molecule has 11 heteroatoms. The van der Waals surface area contributed by atoms with E-state index in [0.29, 0.717) is 5.56 Å². The van der Waals surface area contributed by atoms with E-state index < -0.39 is 15.7 Å². The van der Waals surface area contributed by atoms with Gasteiger partial charge in [0.2, 0.25) is 19.4 Å². The molecule has 0 fully saturated rings. The highest BCUT2D eigenvalue weighted by molar-refractivity contribution is 8.42. The summed E-state index contributed by atoms with van der Waals surface area (Å²) in [4.78, 5) is 16.4. The van der Waals surface area contributed by atoms with Crippen molar-refractivity contribution in [2.45, 2.75) is 13.8 Å². The molecule has 2 aliphatic heterocycles. The number of nitrogens with zero attached hydrogens (tertiary/aromatic N) is 4. The number of carbonyl (C=O) groups excluding carboxylic acids is 1. The Balaban J connectivity index is 1.75. The minimum Gasteiger partial charge on any atom is -0.318 e. The molecule has 2 aromatic rings. The molecule has 30 heavy (non-hydrogen) atoms. The number of aliphatic imine (C=N–C) groups is 1. The fourth-order valence-electron chi connectivity index (χ4n) is 3.20. The number of aryl methyl sites for hydroxylation is 1. The monoisotopic (exact) mass is 445 g/mol. The van der Waals surface area contributed by atoms with Crippen LogP contribution in [0.3, 0.4) is 0 Å². The number of halogens is 1. The maximum atomic E-state index is 13.3. The third-order valence-electron chi connectivity index (χ3n) is 4.61. The average molecular weight is 446 g/mol. The van der Waals surface area contributed by atoms with Gasteiger partial charge in [0.25, 0.3) is 5.91 Å². The van der Waals surface area contributed by atoms with Gasteiger partial charge in [-0.05, 0) is 67.6 Å². The molecule has 3 heterocycles. The summed E-state index contributed by atoms with van der Waals surface area (Å²) in [7, 11) is -3.59. The zero-order valence-corrected chi connectivity index (χ0v) is 17.8. The Kier molecular flexibility index (Phi) is 4.74. The first-order valence-electron chi connectivity index (χ1n) is 8.71. The number of hydrogen-bond donors (Lipinski definition) is 1. The van der Waals surface area contributed by atoms with E-state index in [9.17, 15) is 17.6 Å². The Morgan fingerprint density at radius 3 is 2.50 bits per heavy atom. The Morgan fingerprint density at radius 1 is 1.20 bits per heavy atom. The van der Waals surface area contributed by atoms with Crippen molar-refractivity contribution in [1.82, 2.24) is 9.58 Å². The van der Waals surface area contributed by atoms with Crippen LogP contribution in [-0.4, -0.2) is 45.5 Å². The zero-order valence-electron chi connectivity index (χ0n) is 16.2. The second-order valence-electron chi connectivity index (χ2n) is 6.80. The molecule has 0 bridgehead atoms. The average Bonchev–Trinajstić information content (AvgIpc) is 3.21. The summed E-state index contributed by atoms with van der Waals surface area (Å²) in [5.41, 5.74) is 3.09. The summed E-state index contributed by atoms with van der Waals surface area (Å²) in [5, 5.41) is 13.4. The number of sulfone groups is 1. The van der Waals surface area contributed by atoms with E-state index >= 15 is 0 Å². The van der Waals surface area contributed by atoms with Crippen LogP contribution in [0.5, 0.6) is 0 Å². The number of fused-ring (bicyclic) bond motifs is 1. The number of benzene rings is 1. The molecule has 8 nitrogen and oxygen atoms in total. The molecule has 0 saturated heterocycles. The third kappa shape index (κ3) is 3.39. The van der Waals surface area contributed by atoms with Gasteiger partial charge in [-0.3, -0.25) is 10.2 Å². The summed E-state index contributed by atoms with van der Waals surface area (Å²) in [6, 6.07) is 7.88. The molecule has 1 amide bonds. The van der Waals surface area contributed by atoms with Gasteiger partial charge >= 0.3 is 0 Å². The number of aromatic nitrogens is 1. The van der Waals surface area contributed by atoms with E-state index in [2.05, 4.69) is 10.1 Å². The minimum absolute atomic E-state index is 0.00259. The van der Waals surface area contributed by atoms with Crippen LogP contribution in [0.2, 0.25) is 0 Å². The van der Waals surface area contributed by atoms with Gasteiger partial charge in [-0.1, -0.05) is 0 Å². The molecule has 2 aliphatic rings. The van der Waals surface area contributed by atoms with Crippen molar-refractivity contribution in [3.63, 3.8) is 0 Å². The van der Waals surface area contributed by atoms with Gasteiger partial charge in [-0.2, -0.15) is 10.0 Å². The lowest BCUT2D eigenvalue weighted by atomic mass is 10.1. The number of nitrogens with one attached hydrogen (secondary N) is 1. The summed E-state index contributed by atoms with van der Waals surface area (Å²) >= 11 is 0.740. The molecule has 0 atom stereocenters. The maximum Gasteiger partial charge on any atom is 0.283 e. The summed E-state index contributed by atoms with van der Waals surface area (Å²) in [6.45, 7) is 3.72. The van der Waals surface area contributed by atoms with Gasteiger partial charge in [-0.15, -0.1) is 5.10 Å². The molecule has 1 N–H and O–H groups in total. The van der Waals surface area contributed by atoms with Crippen molar-refractivity contribution >= 4 is 49.0 Å². The molecular formula is C19H16FN5O3S2. The van der Waals surface area contributed by atoms with Crippen LogP contribution in [-0.2, 0) is 14.6 Å². The molecule has 0 radical (unpaired) electrons. The number of amidine groups is 2. The molecule has 0 saturated carbocycles. The Bertz CT molecular complexity index is 1300. The highest BCUT2D eigenvalue weighted by Gasteiger charge is 2.38. The van der Waals surface area contributed by atoms with E-state index in [-0.39, 0.29) is 26.8 Å².